The van der Waals surface area contributed by atoms with Crippen LogP contribution < -0.4 is 14.8 Å². The van der Waals surface area contributed by atoms with Crippen LogP contribution in [0.5, 0.6) is 11.5 Å². The van der Waals surface area contributed by atoms with Gasteiger partial charge < -0.3 is 24.5 Å². The van der Waals surface area contributed by atoms with Gasteiger partial charge in [-0.1, -0.05) is 49.6 Å². The first-order valence-corrected chi connectivity index (χ1v) is 17.7. The van der Waals surface area contributed by atoms with Crippen molar-refractivity contribution in [2.24, 2.45) is 0 Å². The topological polar surface area (TPSA) is 107 Å². The molecule has 0 unspecified atom stereocenters. The Kier molecular flexibility index (Phi) is 9.05. The zero-order valence-electron chi connectivity index (χ0n) is 28.3. The zero-order valence-corrected chi connectivity index (χ0v) is 28.3. The third-order valence-corrected chi connectivity index (χ3v) is 10.4. The summed E-state index contributed by atoms with van der Waals surface area (Å²) in [5.41, 5.74) is 5.84. The number of nitrogens with zero attached hydrogens (tertiary/aromatic N) is 1. The van der Waals surface area contributed by atoms with Crippen LogP contribution in [0.1, 0.15) is 98.2 Å². The third-order valence-electron chi connectivity index (χ3n) is 10.4. The number of ether oxygens (including phenoxy) is 2. The van der Waals surface area contributed by atoms with Crippen molar-refractivity contribution in [3.05, 3.63) is 89.0 Å². The number of hydrogen-bond acceptors (Lipinski definition) is 5. The minimum absolute atomic E-state index is 0.00675. The lowest BCUT2D eigenvalue weighted by molar-refractivity contribution is -0.131. The quantitative estimate of drug-likeness (QED) is 0.167. The number of nitrogens with one attached hydrogen (secondary N) is 1. The summed E-state index contributed by atoms with van der Waals surface area (Å²) in [4.78, 5) is 38.4. The molecule has 0 saturated heterocycles. The standard InChI is InChI=1S/C41H44N2O6/c1-26(2)49-31-15-17-33-35(25-31)48-22-21-43-34-24-30(14-16-32(34)38(39(33)43)29-7-4-3-5-8-29)40(47)42-41(19-6-20-41)36(44)23-28-11-9-27(10-12-28)13-18-37(45)46/h9-18,24-26,29H,3-8,19-23H2,1-2H3,(H,42,47)(H,45,46)/b18-13+. The molecule has 3 aromatic carbocycles. The van der Waals surface area contributed by atoms with Gasteiger partial charge in [0.15, 0.2) is 5.78 Å². The highest BCUT2D eigenvalue weighted by molar-refractivity contribution is 6.04. The van der Waals surface area contributed by atoms with Gasteiger partial charge in [-0.3, -0.25) is 9.59 Å². The summed E-state index contributed by atoms with van der Waals surface area (Å²) in [6.45, 7) is 5.20. The number of fused-ring (bicyclic) bond motifs is 5. The van der Waals surface area contributed by atoms with Crippen molar-refractivity contribution in [3.8, 4) is 22.8 Å². The van der Waals surface area contributed by atoms with Crippen LogP contribution in [0.15, 0.2) is 66.7 Å². The fourth-order valence-corrected chi connectivity index (χ4v) is 7.82. The predicted octanol–water partition coefficient (Wildman–Crippen LogP) is 8.10. The number of hydrogen-bond donors (Lipinski definition) is 2. The summed E-state index contributed by atoms with van der Waals surface area (Å²) < 4.78 is 14.7. The fraction of sp³-hybridized carbons (Fsp3) is 0.390. The summed E-state index contributed by atoms with van der Waals surface area (Å²) >= 11 is 0. The van der Waals surface area contributed by atoms with E-state index in [2.05, 4.69) is 22.0 Å². The van der Waals surface area contributed by atoms with E-state index in [1.165, 1.54) is 42.0 Å². The molecule has 0 atom stereocenters. The largest absolute Gasteiger partial charge is 0.491 e. The van der Waals surface area contributed by atoms with Crippen LogP contribution >= 0.6 is 0 Å². The minimum atomic E-state index is -1.01. The Morgan fingerprint density at radius 3 is 2.47 bits per heavy atom. The number of carbonyl (C=O) groups is 3. The summed E-state index contributed by atoms with van der Waals surface area (Å²) in [7, 11) is 0. The average Bonchev–Trinajstić information content (AvgIpc) is 3.27. The Morgan fingerprint density at radius 1 is 1.00 bits per heavy atom. The Morgan fingerprint density at radius 2 is 1.78 bits per heavy atom. The molecule has 49 heavy (non-hydrogen) atoms. The molecule has 7 rings (SSSR count). The first kappa shape index (κ1) is 32.7. The van der Waals surface area contributed by atoms with Crippen LogP contribution in [0.25, 0.3) is 28.2 Å². The molecule has 1 aromatic heterocycles. The van der Waals surface area contributed by atoms with Gasteiger partial charge in [0.1, 0.15) is 18.1 Å². The SMILES string of the molecule is CC(C)Oc1ccc2c(c1)OCCn1c-2c(C2CCCCC2)c2ccc(C(=O)NC3(C(=O)Cc4ccc(/C=C/C(=O)O)cc4)CCC3)cc21. The van der Waals surface area contributed by atoms with E-state index in [1.54, 1.807) is 12.1 Å². The van der Waals surface area contributed by atoms with Crippen molar-refractivity contribution < 1.29 is 29.0 Å². The third kappa shape index (κ3) is 6.61. The van der Waals surface area contributed by atoms with Crippen LogP contribution in [-0.4, -0.2) is 45.6 Å². The Bertz CT molecular complexity index is 1930. The van der Waals surface area contributed by atoms with Gasteiger partial charge in [0.05, 0.1) is 23.9 Å². The van der Waals surface area contributed by atoms with Crippen LogP contribution in [0.4, 0.5) is 0 Å². The first-order valence-electron chi connectivity index (χ1n) is 17.7. The van der Waals surface area contributed by atoms with Gasteiger partial charge >= 0.3 is 5.97 Å². The van der Waals surface area contributed by atoms with E-state index in [9.17, 15) is 14.4 Å². The van der Waals surface area contributed by atoms with E-state index in [0.29, 0.717) is 37.5 Å². The summed E-state index contributed by atoms with van der Waals surface area (Å²) in [5, 5.41) is 13.2. The fourth-order valence-electron chi connectivity index (χ4n) is 7.82. The maximum Gasteiger partial charge on any atom is 0.328 e. The molecule has 2 heterocycles. The molecular weight excluding hydrogens is 616 g/mol. The van der Waals surface area contributed by atoms with Crippen LogP contribution in [-0.2, 0) is 22.6 Å². The Labute approximate surface area is 287 Å². The number of ketones is 1. The van der Waals surface area contributed by atoms with E-state index in [1.807, 2.05) is 50.2 Å². The average molecular weight is 661 g/mol. The molecule has 0 radical (unpaired) electrons. The maximum atomic E-state index is 13.9. The Hall–Kier alpha value is -4.85. The number of carboxylic acid groups (broad SMARTS) is 1. The van der Waals surface area contributed by atoms with Crippen molar-refractivity contribution in [2.75, 3.05) is 6.61 Å². The smallest absolute Gasteiger partial charge is 0.328 e. The molecular formula is C41H44N2O6. The molecule has 2 fully saturated rings. The van der Waals surface area contributed by atoms with E-state index < -0.39 is 11.5 Å². The molecule has 8 heteroatoms. The van der Waals surface area contributed by atoms with Crippen LogP contribution in [0.2, 0.25) is 0 Å². The van der Waals surface area contributed by atoms with E-state index in [-0.39, 0.29) is 24.2 Å². The number of benzene rings is 3. The van der Waals surface area contributed by atoms with Gasteiger partial charge in [0.25, 0.3) is 5.91 Å². The first-order chi connectivity index (χ1) is 23.7. The molecule has 0 spiro atoms. The molecule has 2 N–H and O–H groups in total. The minimum Gasteiger partial charge on any atom is -0.491 e. The second-order valence-electron chi connectivity index (χ2n) is 14.1. The number of amides is 1. The van der Waals surface area contributed by atoms with Gasteiger partial charge in [-0.2, -0.15) is 0 Å². The molecule has 254 valence electrons. The number of carboxylic acids is 1. The van der Waals surface area contributed by atoms with Crippen molar-refractivity contribution >= 4 is 34.6 Å². The lowest BCUT2D eigenvalue weighted by Crippen LogP contribution is -2.59. The van der Waals surface area contributed by atoms with Gasteiger partial charge in [0, 0.05) is 40.6 Å². The monoisotopic (exact) mass is 660 g/mol. The van der Waals surface area contributed by atoms with Gasteiger partial charge in [-0.05, 0) is 98.9 Å². The van der Waals surface area contributed by atoms with Crippen molar-refractivity contribution in [1.82, 2.24) is 9.88 Å². The number of Topliss-reactive ketones (excluding diaryl/α,β-unsaturated/α-hetero) is 1. The van der Waals surface area contributed by atoms with E-state index >= 15 is 0 Å². The second-order valence-corrected chi connectivity index (χ2v) is 14.1. The molecule has 1 aliphatic heterocycles. The highest BCUT2D eigenvalue weighted by atomic mass is 16.5. The summed E-state index contributed by atoms with van der Waals surface area (Å²) in [6, 6.07) is 19.5. The predicted molar refractivity (Wildman–Crippen MR) is 190 cm³/mol. The van der Waals surface area contributed by atoms with Gasteiger partial charge in [-0.15, -0.1) is 0 Å². The molecule has 4 aromatic rings. The molecule has 8 nitrogen and oxygen atoms in total. The van der Waals surface area contributed by atoms with Crippen molar-refractivity contribution in [2.45, 2.75) is 95.7 Å². The van der Waals surface area contributed by atoms with Crippen LogP contribution in [0, 0.1) is 0 Å². The van der Waals surface area contributed by atoms with Crippen molar-refractivity contribution in [1.29, 1.82) is 0 Å². The summed E-state index contributed by atoms with van der Waals surface area (Å²) in [5.74, 6) is 0.797. The number of aliphatic carboxylic acids is 1. The maximum absolute atomic E-state index is 13.9. The van der Waals surface area contributed by atoms with E-state index in [0.717, 1.165) is 59.0 Å². The van der Waals surface area contributed by atoms with Gasteiger partial charge in [0.2, 0.25) is 0 Å². The number of carbonyl (C=O) groups excluding carboxylic acids is 2. The lowest BCUT2D eigenvalue weighted by atomic mass is 9.72. The summed E-state index contributed by atoms with van der Waals surface area (Å²) in [6.07, 6.45) is 10.9. The highest BCUT2D eigenvalue weighted by Crippen LogP contribution is 2.48. The second kappa shape index (κ2) is 13.6. The molecule has 1 amide bonds. The van der Waals surface area contributed by atoms with Gasteiger partial charge in [-0.25, -0.2) is 4.79 Å². The normalized spacial score (nSPS) is 17.1. The van der Waals surface area contributed by atoms with Crippen molar-refractivity contribution in [3.63, 3.8) is 0 Å². The zero-order chi connectivity index (χ0) is 34.1. The Balaban J connectivity index is 1.19. The molecule has 2 aliphatic carbocycles. The molecule has 2 saturated carbocycles. The lowest BCUT2D eigenvalue weighted by Gasteiger charge is -2.41. The molecule has 3 aliphatic rings. The highest BCUT2D eigenvalue weighted by Gasteiger charge is 2.45. The number of aromatic nitrogens is 1. The van der Waals surface area contributed by atoms with Crippen LogP contribution in [0.3, 0.4) is 0 Å². The van der Waals surface area contributed by atoms with E-state index in [4.69, 9.17) is 14.6 Å². The molecule has 0 bridgehead atoms. The number of rotatable bonds is 10.